The molecule has 0 radical (unpaired) electrons. The number of benzene rings is 2. The zero-order chi connectivity index (χ0) is 29.3. The molecule has 0 aliphatic carbocycles. The summed E-state index contributed by atoms with van der Waals surface area (Å²) in [5.41, 5.74) is 6.51. The Hall–Kier alpha value is -3.62. The first-order valence-electron chi connectivity index (χ1n) is 12.8. The van der Waals surface area contributed by atoms with Gasteiger partial charge in [0.15, 0.2) is 0 Å². The van der Waals surface area contributed by atoms with Gasteiger partial charge >= 0.3 is 11.9 Å². The summed E-state index contributed by atoms with van der Waals surface area (Å²) in [7, 11) is 0. The van der Waals surface area contributed by atoms with Crippen LogP contribution < -0.4 is 9.47 Å². The Bertz CT molecular complexity index is 1070. The average molecular weight is 541 g/mol. The third kappa shape index (κ3) is 9.89. The van der Waals surface area contributed by atoms with Crippen LogP contribution >= 0.6 is 0 Å². The van der Waals surface area contributed by atoms with Crippen molar-refractivity contribution in [1.82, 2.24) is 0 Å². The lowest BCUT2D eigenvalue weighted by Crippen LogP contribution is -2.25. The lowest BCUT2D eigenvalue weighted by atomic mass is 9.97. The van der Waals surface area contributed by atoms with Gasteiger partial charge in [0.05, 0.1) is 0 Å². The summed E-state index contributed by atoms with van der Waals surface area (Å²) in [6.45, 7) is 17.6. The molecule has 2 atom stereocenters. The normalized spacial score (nSPS) is 12.3. The predicted molar refractivity (Wildman–Crippen MR) is 149 cm³/mol. The number of aliphatic hydroxyl groups excluding tert-OH is 2. The van der Waals surface area contributed by atoms with Crippen molar-refractivity contribution in [2.75, 3.05) is 26.4 Å². The largest absolute Gasteiger partial charge is 0.490 e. The number of hydrogen-bond acceptors (Lipinski definition) is 8. The van der Waals surface area contributed by atoms with Crippen LogP contribution in [0.15, 0.2) is 48.6 Å². The van der Waals surface area contributed by atoms with Gasteiger partial charge in [0.25, 0.3) is 0 Å². The Labute approximate surface area is 230 Å². The SMILES string of the molecule is C=C(C)C(=O)OCC(O)COc1c(C)cc(Cc2cc(C)c(OCC(O)COC(=O)C(=C)C)c(C)c2)cc1C. The lowest BCUT2D eigenvalue weighted by Gasteiger charge is -2.18. The van der Waals surface area contributed by atoms with Crippen molar-refractivity contribution in [3.63, 3.8) is 0 Å². The highest BCUT2D eigenvalue weighted by molar-refractivity contribution is 5.87. The highest BCUT2D eigenvalue weighted by atomic mass is 16.6. The molecular formula is C31H40O8. The van der Waals surface area contributed by atoms with Gasteiger partial charge in [-0.2, -0.15) is 0 Å². The quantitative estimate of drug-likeness (QED) is 0.271. The molecule has 2 N–H and O–H groups in total. The summed E-state index contributed by atoms with van der Waals surface area (Å²) in [5, 5.41) is 20.2. The van der Waals surface area contributed by atoms with E-state index in [1.54, 1.807) is 13.8 Å². The topological polar surface area (TPSA) is 112 Å². The summed E-state index contributed by atoms with van der Waals surface area (Å²) < 4.78 is 21.6. The number of carbonyl (C=O) groups is 2. The first kappa shape index (κ1) is 31.6. The Balaban J connectivity index is 1.99. The number of aryl methyl sites for hydroxylation is 4. The number of ether oxygens (including phenoxy) is 4. The second-order valence-electron chi connectivity index (χ2n) is 9.98. The Kier molecular flexibility index (Phi) is 11.8. The fourth-order valence-corrected chi connectivity index (χ4v) is 4.02. The van der Waals surface area contributed by atoms with Gasteiger partial charge in [-0.05, 0) is 81.3 Å². The second-order valence-corrected chi connectivity index (χ2v) is 9.98. The molecule has 0 aliphatic heterocycles. The minimum absolute atomic E-state index is 0.00459. The number of hydrogen-bond donors (Lipinski definition) is 2. The van der Waals surface area contributed by atoms with E-state index < -0.39 is 24.1 Å². The Morgan fingerprint density at radius 2 is 0.974 bits per heavy atom. The van der Waals surface area contributed by atoms with Gasteiger partial charge in [-0.3, -0.25) is 0 Å². The molecular weight excluding hydrogens is 500 g/mol. The highest BCUT2D eigenvalue weighted by Crippen LogP contribution is 2.29. The minimum atomic E-state index is -0.953. The molecule has 0 aliphatic rings. The molecule has 0 saturated heterocycles. The third-order valence-corrected chi connectivity index (χ3v) is 5.80. The average Bonchev–Trinajstić information content (AvgIpc) is 2.84. The molecule has 39 heavy (non-hydrogen) atoms. The molecule has 0 saturated carbocycles. The molecule has 2 rings (SSSR count). The molecule has 2 unspecified atom stereocenters. The van der Waals surface area contributed by atoms with E-state index in [1.807, 2.05) is 52.0 Å². The molecule has 0 aromatic heterocycles. The molecule has 0 spiro atoms. The first-order chi connectivity index (χ1) is 18.3. The highest BCUT2D eigenvalue weighted by Gasteiger charge is 2.15. The van der Waals surface area contributed by atoms with Crippen LogP contribution in [0.4, 0.5) is 0 Å². The maximum Gasteiger partial charge on any atom is 0.333 e. The maximum absolute atomic E-state index is 11.5. The zero-order valence-corrected chi connectivity index (χ0v) is 23.8. The minimum Gasteiger partial charge on any atom is -0.490 e. The standard InChI is InChI=1S/C31H40O8/c1-18(2)30(34)38-16-26(32)14-36-28-20(5)9-24(10-21(28)6)13-25-11-22(7)29(23(8)12-25)37-15-27(33)17-39-31(35)19(3)4/h9-12,26-27,32-33H,1,3,13-17H2,2,4-8H3. The van der Waals surface area contributed by atoms with Gasteiger partial charge in [0.1, 0.15) is 50.1 Å². The summed E-state index contributed by atoms with van der Waals surface area (Å²) >= 11 is 0. The predicted octanol–water partition coefficient (Wildman–Crippen LogP) is 4.23. The van der Waals surface area contributed by atoms with Gasteiger partial charge in [-0.25, -0.2) is 9.59 Å². The van der Waals surface area contributed by atoms with Gasteiger partial charge in [0, 0.05) is 11.1 Å². The van der Waals surface area contributed by atoms with Crippen molar-refractivity contribution in [3.05, 3.63) is 82.0 Å². The van der Waals surface area contributed by atoms with E-state index in [4.69, 9.17) is 18.9 Å². The monoisotopic (exact) mass is 540 g/mol. The van der Waals surface area contributed by atoms with Crippen molar-refractivity contribution in [1.29, 1.82) is 0 Å². The van der Waals surface area contributed by atoms with Crippen LogP contribution in [0.1, 0.15) is 47.2 Å². The number of esters is 2. The van der Waals surface area contributed by atoms with Crippen LogP contribution in [0.3, 0.4) is 0 Å². The molecule has 8 nitrogen and oxygen atoms in total. The number of carbonyl (C=O) groups excluding carboxylic acids is 2. The summed E-state index contributed by atoms with van der Waals surface area (Å²) in [5.74, 6) is 0.283. The van der Waals surface area contributed by atoms with Gasteiger partial charge in [-0.15, -0.1) is 0 Å². The van der Waals surface area contributed by atoms with Crippen molar-refractivity contribution in [2.24, 2.45) is 0 Å². The molecule has 2 aromatic carbocycles. The van der Waals surface area contributed by atoms with Gasteiger partial charge < -0.3 is 29.2 Å². The Morgan fingerprint density at radius 1 is 0.667 bits per heavy atom. The van der Waals surface area contributed by atoms with E-state index in [0.29, 0.717) is 17.9 Å². The fourth-order valence-electron chi connectivity index (χ4n) is 4.02. The molecule has 2 aromatic rings. The van der Waals surface area contributed by atoms with E-state index in [-0.39, 0.29) is 37.6 Å². The van der Waals surface area contributed by atoms with E-state index >= 15 is 0 Å². The number of rotatable bonds is 14. The van der Waals surface area contributed by atoms with Crippen LogP contribution in [0, 0.1) is 27.7 Å². The fraction of sp³-hybridized carbons (Fsp3) is 0.419. The Morgan fingerprint density at radius 3 is 1.26 bits per heavy atom. The van der Waals surface area contributed by atoms with Gasteiger partial charge in [-0.1, -0.05) is 37.4 Å². The maximum atomic E-state index is 11.5. The summed E-state index contributed by atoms with van der Waals surface area (Å²) in [6, 6.07) is 8.20. The van der Waals surface area contributed by atoms with Crippen LogP contribution in [0.2, 0.25) is 0 Å². The molecule has 8 heteroatoms. The summed E-state index contributed by atoms with van der Waals surface area (Å²) in [4.78, 5) is 23.0. The van der Waals surface area contributed by atoms with E-state index in [0.717, 1.165) is 33.4 Å². The third-order valence-electron chi connectivity index (χ3n) is 5.80. The van der Waals surface area contributed by atoms with Crippen molar-refractivity contribution in [2.45, 2.75) is 60.2 Å². The molecule has 212 valence electrons. The van der Waals surface area contributed by atoms with Crippen LogP contribution in [0.25, 0.3) is 0 Å². The molecule has 0 bridgehead atoms. The number of aliphatic hydroxyl groups is 2. The van der Waals surface area contributed by atoms with Crippen LogP contribution in [0.5, 0.6) is 11.5 Å². The van der Waals surface area contributed by atoms with Crippen molar-refractivity contribution >= 4 is 11.9 Å². The van der Waals surface area contributed by atoms with Crippen molar-refractivity contribution in [3.8, 4) is 11.5 Å². The van der Waals surface area contributed by atoms with E-state index in [9.17, 15) is 19.8 Å². The molecule has 0 heterocycles. The van der Waals surface area contributed by atoms with E-state index in [2.05, 4.69) is 13.2 Å². The second kappa shape index (κ2) is 14.5. The molecule has 0 amide bonds. The van der Waals surface area contributed by atoms with E-state index in [1.165, 1.54) is 0 Å². The smallest absolute Gasteiger partial charge is 0.333 e. The van der Waals surface area contributed by atoms with Crippen molar-refractivity contribution < 1.29 is 38.7 Å². The first-order valence-corrected chi connectivity index (χ1v) is 12.8. The lowest BCUT2D eigenvalue weighted by molar-refractivity contribution is -0.143. The van der Waals surface area contributed by atoms with Crippen LogP contribution in [-0.2, 0) is 25.5 Å². The molecule has 0 fully saturated rings. The van der Waals surface area contributed by atoms with Crippen LogP contribution in [-0.4, -0.2) is 60.8 Å². The zero-order valence-electron chi connectivity index (χ0n) is 23.8. The summed E-state index contributed by atoms with van der Waals surface area (Å²) in [6.07, 6.45) is -1.21. The van der Waals surface area contributed by atoms with Gasteiger partial charge in [0.2, 0.25) is 0 Å².